The van der Waals surface area contributed by atoms with Gasteiger partial charge >= 0.3 is 0 Å². The van der Waals surface area contributed by atoms with E-state index in [9.17, 15) is 4.79 Å². The highest BCUT2D eigenvalue weighted by Gasteiger charge is 2.17. The number of hydrogen-bond acceptors (Lipinski definition) is 5. The SMILES string of the molecule is CC(C=NNC(=O)CSc1nnc(-c2ccc(Cl)cc2)n1-c1ccccc1)=Cc1ccccc1. The van der Waals surface area contributed by atoms with E-state index in [0.717, 1.165) is 22.4 Å². The summed E-state index contributed by atoms with van der Waals surface area (Å²) in [5, 5.41) is 14.0. The second-order valence-electron chi connectivity index (χ2n) is 7.36. The Labute approximate surface area is 207 Å². The fraction of sp³-hybridized carbons (Fsp3) is 0.0769. The Morgan fingerprint density at radius 3 is 2.38 bits per heavy atom. The normalized spacial score (nSPS) is 11.6. The first-order valence-electron chi connectivity index (χ1n) is 10.5. The summed E-state index contributed by atoms with van der Waals surface area (Å²) in [6.07, 6.45) is 3.62. The van der Waals surface area contributed by atoms with Gasteiger partial charge in [-0.15, -0.1) is 10.2 Å². The van der Waals surface area contributed by atoms with Crippen molar-refractivity contribution >= 4 is 41.6 Å². The van der Waals surface area contributed by atoms with Crippen molar-refractivity contribution in [2.45, 2.75) is 12.1 Å². The maximum absolute atomic E-state index is 12.4. The van der Waals surface area contributed by atoms with Crippen molar-refractivity contribution in [3.63, 3.8) is 0 Å². The zero-order valence-electron chi connectivity index (χ0n) is 18.4. The summed E-state index contributed by atoms with van der Waals surface area (Å²) in [4.78, 5) is 12.4. The average Bonchev–Trinajstić information content (AvgIpc) is 3.28. The second-order valence-corrected chi connectivity index (χ2v) is 8.74. The van der Waals surface area contributed by atoms with Gasteiger partial charge < -0.3 is 0 Å². The Hall–Kier alpha value is -3.68. The maximum Gasteiger partial charge on any atom is 0.250 e. The van der Waals surface area contributed by atoms with Crippen LogP contribution in [-0.2, 0) is 4.79 Å². The van der Waals surface area contributed by atoms with E-state index in [4.69, 9.17) is 11.6 Å². The molecule has 8 heteroatoms. The lowest BCUT2D eigenvalue weighted by Gasteiger charge is -2.10. The lowest BCUT2D eigenvalue weighted by Crippen LogP contribution is -2.20. The van der Waals surface area contributed by atoms with E-state index >= 15 is 0 Å². The van der Waals surface area contributed by atoms with E-state index in [1.807, 2.05) is 102 Å². The molecule has 0 unspecified atom stereocenters. The molecule has 1 N–H and O–H groups in total. The van der Waals surface area contributed by atoms with Crippen LogP contribution in [0.5, 0.6) is 0 Å². The van der Waals surface area contributed by atoms with Gasteiger partial charge in [-0.05, 0) is 54.5 Å². The number of benzene rings is 3. The molecule has 1 amide bonds. The molecule has 0 bridgehead atoms. The van der Waals surface area contributed by atoms with Gasteiger partial charge in [0.05, 0.1) is 12.0 Å². The van der Waals surface area contributed by atoms with Crippen LogP contribution in [0.2, 0.25) is 5.02 Å². The minimum absolute atomic E-state index is 0.143. The fourth-order valence-corrected chi connectivity index (χ4v) is 4.05. The lowest BCUT2D eigenvalue weighted by atomic mass is 10.1. The van der Waals surface area contributed by atoms with E-state index in [2.05, 4.69) is 20.7 Å². The van der Waals surface area contributed by atoms with Crippen LogP contribution in [0.3, 0.4) is 0 Å². The summed E-state index contributed by atoms with van der Waals surface area (Å²) in [6, 6.07) is 27.1. The molecule has 0 fully saturated rings. The van der Waals surface area contributed by atoms with Gasteiger partial charge in [0.25, 0.3) is 5.91 Å². The molecule has 6 nitrogen and oxygen atoms in total. The zero-order valence-corrected chi connectivity index (χ0v) is 20.0. The first kappa shape index (κ1) is 23.5. The predicted octanol–water partition coefficient (Wildman–Crippen LogP) is 5.89. The standard InChI is InChI=1S/C26H22ClN5OS/c1-19(16-20-8-4-2-5-9-20)17-28-29-24(33)18-34-26-31-30-25(21-12-14-22(27)15-13-21)32(26)23-10-6-3-7-11-23/h2-17H,18H2,1H3,(H,29,33). The number of para-hydroxylation sites is 1. The van der Waals surface area contributed by atoms with Crippen molar-refractivity contribution < 1.29 is 4.79 Å². The van der Waals surface area contributed by atoms with Crippen LogP contribution in [0.1, 0.15) is 12.5 Å². The van der Waals surface area contributed by atoms with Crippen LogP contribution in [-0.4, -0.2) is 32.6 Å². The van der Waals surface area contributed by atoms with Crippen molar-refractivity contribution in [3.8, 4) is 17.1 Å². The number of amides is 1. The number of nitrogens with one attached hydrogen (secondary N) is 1. The Kier molecular flexibility index (Phi) is 7.91. The zero-order chi connectivity index (χ0) is 23.8. The number of hydrazone groups is 1. The van der Waals surface area contributed by atoms with Crippen molar-refractivity contribution in [2.75, 3.05) is 5.75 Å². The van der Waals surface area contributed by atoms with Crippen LogP contribution < -0.4 is 5.43 Å². The number of aromatic nitrogens is 3. The molecule has 170 valence electrons. The first-order valence-corrected chi connectivity index (χ1v) is 11.9. The molecule has 0 radical (unpaired) electrons. The maximum atomic E-state index is 12.4. The molecule has 0 saturated carbocycles. The molecule has 34 heavy (non-hydrogen) atoms. The van der Waals surface area contributed by atoms with Gasteiger partial charge in [-0.3, -0.25) is 9.36 Å². The molecule has 3 aromatic carbocycles. The molecule has 0 aliphatic heterocycles. The van der Waals surface area contributed by atoms with Gasteiger partial charge in [0.1, 0.15) is 0 Å². The summed E-state index contributed by atoms with van der Waals surface area (Å²) in [6.45, 7) is 1.93. The third-order valence-electron chi connectivity index (χ3n) is 4.73. The molecule has 0 spiro atoms. The summed E-state index contributed by atoms with van der Waals surface area (Å²) < 4.78 is 1.93. The van der Waals surface area contributed by atoms with E-state index in [1.165, 1.54) is 11.8 Å². The highest BCUT2D eigenvalue weighted by molar-refractivity contribution is 7.99. The van der Waals surface area contributed by atoms with Crippen molar-refractivity contribution in [1.82, 2.24) is 20.2 Å². The number of halogens is 1. The second kappa shape index (κ2) is 11.4. The highest BCUT2D eigenvalue weighted by Crippen LogP contribution is 2.28. The van der Waals surface area contributed by atoms with Crippen LogP contribution in [0.25, 0.3) is 23.2 Å². The largest absolute Gasteiger partial charge is 0.272 e. The fourth-order valence-electron chi connectivity index (χ4n) is 3.18. The molecule has 0 aliphatic carbocycles. The average molecular weight is 488 g/mol. The molecule has 4 rings (SSSR count). The smallest absolute Gasteiger partial charge is 0.250 e. The summed E-state index contributed by atoms with van der Waals surface area (Å²) >= 11 is 7.33. The first-order chi connectivity index (χ1) is 16.6. The lowest BCUT2D eigenvalue weighted by molar-refractivity contribution is -0.118. The van der Waals surface area contributed by atoms with Crippen molar-refractivity contribution in [1.29, 1.82) is 0 Å². The van der Waals surface area contributed by atoms with E-state index < -0.39 is 0 Å². The number of allylic oxidation sites excluding steroid dienone is 1. The Morgan fingerprint density at radius 2 is 1.68 bits per heavy atom. The third kappa shape index (κ3) is 6.21. The van der Waals surface area contributed by atoms with Gasteiger partial charge in [-0.25, -0.2) is 5.43 Å². The summed E-state index contributed by atoms with van der Waals surface area (Å²) in [7, 11) is 0. The topological polar surface area (TPSA) is 72.2 Å². The minimum atomic E-state index is -0.232. The highest BCUT2D eigenvalue weighted by atomic mass is 35.5. The van der Waals surface area contributed by atoms with Gasteiger partial charge in [-0.1, -0.05) is 78.0 Å². The van der Waals surface area contributed by atoms with Gasteiger partial charge in [0, 0.05) is 16.3 Å². The van der Waals surface area contributed by atoms with Gasteiger partial charge in [0.15, 0.2) is 11.0 Å². The van der Waals surface area contributed by atoms with Crippen LogP contribution >= 0.6 is 23.4 Å². The van der Waals surface area contributed by atoms with Crippen LogP contribution in [0.15, 0.2) is 101 Å². The van der Waals surface area contributed by atoms with E-state index in [-0.39, 0.29) is 11.7 Å². The molecule has 0 saturated heterocycles. The molecule has 1 aromatic heterocycles. The number of thioether (sulfide) groups is 1. The molecule has 0 aliphatic rings. The predicted molar refractivity (Wildman–Crippen MR) is 139 cm³/mol. The molecule has 1 heterocycles. The monoisotopic (exact) mass is 487 g/mol. The van der Waals surface area contributed by atoms with Gasteiger partial charge in [0.2, 0.25) is 0 Å². The van der Waals surface area contributed by atoms with Crippen LogP contribution in [0, 0.1) is 0 Å². The van der Waals surface area contributed by atoms with E-state index in [1.54, 1.807) is 6.21 Å². The molecule has 4 aromatic rings. The van der Waals surface area contributed by atoms with Gasteiger partial charge in [-0.2, -0.15) is 5.10 Å². The quantitative estimate of drug-likeness (QED) is 0.191. The van der Waals surface area contributed by atoms with Crippen molar-refractivity contribution in [3.05, 3.63) is 101 Å². The molecule has 0 atom stereocenters. The van der Waals surface area contributed by atoms with Crippen molar-refractivity contribution in [2.24, 2.45) is 5.10 Å². The number of carbonyl (C=O) groups is 1. The Morgan fingerprint density at radius 1 is 1.00 bits per heavy atom. The number of rotatable bonds is 8. The number of carbonyl (C=O) groups excluding carboxylic acids is 1. The molecular formula is C26H22ClN5OS. The third-order valence-corrected chi connectivity index (χ3v) is 5.91. The van der Waals surface area contributed by atoms with Crippen LogP contribution in [0.4, 0.5) is 0 Å². The Balaban J connectivity index is 1.45. The summed E-state index contributed by atoms with van der Waals surface area (Å²) in [5.41, 5.74) is 6.35. The summed E-state index contributed by atoms with van der Waals surface area (Å²) in [5.74, 6) is 0.583. The molecular weight excluding hydrogens is 466 g/mol. The minimum Gasteiger partial charge on any atom is -0.272 e. The Bertz CT molecular complexity index is 1300. The number of nitrogens with zero attached hydrogens (tertiary/aromatic N) is 4. The number of hydrogen-bond donors (Lipinski definition) is 1. The van der Waals surface area contributed by atoms with E-state index in [0.29, 0.717) is 16.0 Å².